The van der Waals surface area contributed by atoms with Gasteiger partial charge in [0.25, 0.3) is 0 Å². The van der Waals surface area contributed by atoms with Crippen molar-refractivity contribution < 1.29 is 0 Å². The van der Waals surface area contributed by atoms with E-state index in [4.69, 9.17) is 0 Å². The van der Waals surface area contributed by atoms with E-state index in [1.807, 2.05) is 11.8 Å². The van der Waals surface area contributed by atoms with Crippen LogP contribution in [0, 0.1) is 0 Å². The molecule has 0 aliphatic heterocycles. The maximum Gasteiger partial charge on any atom is 0.0129 e. The second-order valence-electron chi connectivity index (χ2n) is 2.87. The van der Waals surface area contributed by atoms with Crippen LogP contribution in [0.1, 0.15) is 13.3 Å². The summed E-state index contributed by atoms with van der Waals surface area (Å²) in [7, 11) is 2.19. The van der Waals surface area contributed by atoms with Crippen molar-refractivity contribution in [3.8, 4) is 0 Å². The third-order valence-corrected chi connectivity index (χ3v) is 2.63. The number of alkyl halides is 1. The molecule has 68 valence electrons. The summed E-state index contributed by atoms with van der Waals surface area (Å²) >= 11 is 5.45. The molecule has 0 amide bonds. The summed E-state index contributed by atoms with van der Waals surface area (Å²) in [4.78, 5) is 3.04. The van der Waals surface area contributed by atoms with Gasteiger partial charge in [-0.3, -0.25) is 0 Å². The summed E-state index contributed by atoms with van der Waals surface area (Å²) in [6, 6.07) is 0. The third kappa shape index (κ3) is 8.70. The Labute approximate surface area is 83.0 Å². The number of halogens is 1. The third-order valence-electron chi connectivity index (χ3n) is 1.59. The second kappa shape index (κ2) is 7.44. The molecule has 0 radical (unpaired) electrons. The van der Waals surface area contributed by atoms with Crippen LogP contribution in [0.5, 0.6) is 0 Å². The van der Waals surface area contributed by atoms with Crippen LogP contribution in [0.4, 0.5) is 0 Å². The monoisotopic (exact) mass is 239 g/mol. The highest BCUT2D eigenvalue weighted by Crippen LogP contribution is 2.04. The average molecular weight is 240 g/mol. The van der Waals surface area contributed by atoms with Crippen molar-refractivity contribution in [3.63, 3.8) is 0 Å². The zero-order valence-corrected chi connectivity index (χ0v) is 10.0. The minimum absolute atomic E-state index is 0.652. The van der Waals surface area contributed by atoms with E-state index in [0.717, 1.165) is 0 Å². The predicted molar refractivity (Wildman–Crippen MR) is 58.9 cm³/mol. The first-order valence-electron chi connectivity index (χ1n) is 3.98. The number of hydrogen-bond donors (Lipinski definition) is 0. The number of rotatable bonds is 6. The van der Waals surface area contributed by atoms with Crippen molar-refractivity contribution in [3.05, 3.63) is 0 Å². The van der Waals surface area contributed by atoms with Gasteiger partial charge in [0, 0.05) is 17.1 Å². The van der Waals surface area contributed by atoms with Crippen LogP contribution in [-0.2, 0) is 0 Å². The highest BCUT2D eigenvalue weighted by Gasteiger charge is 1.99. The van der Waals surface area contributed by atoms with Crippen molar-refractivity contribution in [2.75, 3.05) is 32.1 Å². The fourth-order valence-electron chi connectivity index (χ4n) is 0.757. The Morgan fingerprint density at radius 3 is 2.55 bits per heavy atom. The van der Waals surface area contributed by atoms with E-state index in [1.54, 1.807) is 0 Å². The van der Waals surface area contributed by atoms with Gasteiger partial charge in [-0.1, -0.05) is 22.9 Å². The van der Waals surface area contributed by atoms with Crippen LogP contribution in [0.15, 0.2) is 0 Å². The zero-order valence-electron chi connectivity index (χ0n) is 7.64. The molecular weight excluding hydrogens is 222 g/mol. The minimum Gasteiger partial charge on any atom is -0.306 e. The minimum atomic E-state index is 0.652. The van der Waals surface area contributed by atoms with Gasteiger partial charge in [0.2, 0.25) is 0 Å². The maximum atomic E-state index is 3.54. The predicted octanol–water partition coefficient (Wildman–Crippen LogP) is 2.45. The smallest absolute Gasteiger partial charge is 0.0129 e. The SMILES string of the molecule is CSCCN(C)CCC(C)Br. The van der Waals surface area contributed by atoms with Gasteiger partial charge in [-0.05, 0) is 26.3 Å². The standard InChI is InChI=1S/C8H18BrNS/c1-8(9)4-5-10(2)6-7-11-3/h8H,4-7H2,1-3H3. The summed E-state index contributed by atoms with van der Waals surface area (Å²) in [5.41, 5.74) is 0. The first-order valence-corrected chi connectivity index (χ1v) is 6.29. The Kier molecular flexibility index (Phi) is 7.97. The van der Waals surface area contributed by atoms with Crippen molar-refractivity contribution in [2.24, 2.45) is 0 Å². The summed E-state index contributed by atoms with van der Waals surface area (Å²) in [6.07, 6.45) is 3.39. The number of nitrogens with zero attached hydrogens (tertiary/aromatic N) is 1. The molecule has 0 N–H and O–H groups in total. The Balaban J connectivity index is 3.15. The molecule has 1 unspecified atom stereocenters. The molecule has 0 aliphatic carbocycles. The Morgan fingerprint density at radius 2 is 2.09 bits per heavy atom. The van der Waals surface area contributed by atoms with E-state index < -0.39 is 0 Å². The van der Waals surface area contributed by atoms with E-state index in [0.29, 0.717) is 4.83 Å². The summed E-state index contributed by atoms with van der Waals surface area (Å²) in [6.45, 7) is 4.61. The van der Waals surface area contributed by atoms with Crippen molar-refractivity contribution in [2.45, 2.75) is 18.2 Å². The van der Waals surface area contributed by atoms with E-state index in [9.17, 15) is 0 Å². The van der Waals surface area contributed by atoms with Gasteiger partial charge in [-0.15, -0.1) is 0 Å². The van der Waals surface area contributed by atoms with Gasteiger partial charge >= 0.3 is 0 Å². The van der Waals surface area contributed by atoms with Crippen LogP contribution < -0.4 is 0 Å². The molecular formula is C8H18BrNS. The first kappa shape index (κ1) is 11.8. The van der Waals surface area contributed by atoms with Crippen molar-refractivity contribution >= 4 is 27.7 Å². The fourth-order valence-corrected chi connectivity index (χ4v) is 1.46. The van der Waals surface area contributed by atoms with E-state index in [2.05, 4.69) is 41.1 Å². The normalized spacial score (nSPS) is 13.9. The van der Waals surface area contributed by atoms with E-state index in [-0.39, 0.29) is 0 Å². The van der Waals surface area contributed by atoms with Crippen LogP contribution in [0.3, 0.4) is 0 Å². The molecule has 1 nitrogen and oxygen atoms in total. The second-order valence-corrected chi connectivity index (χ2v) is 5.41. The molecule has 3 heteroatoms. The Hall–Kier alpha value is 0.790. The lowest BCUT2D eigenvalue weighted by Crippen LogP contribution is -2.23. The quantitative estimate of drug-likeness (QED) is 0.656. The molecule has 0 spiro atoms. The van der Waals surface area contributed by atoms with Crippen LogP contribution in [0.25, 0.3) is 0 Å². The molecule has 0 aliphatic rings. The van der Waals surface area contributed by atoms with Gasteiger partial charge < -0.3 is 4.90 Å². The summed E-state index contributed by atoms with van der Waals surface area (Å²) in [5, 5.41) is 0. The Morgan fingerprint density at radius 1 is 1.45 bits per heavy atom. The number of hydrogen-bond acceptors (Lipinski definition) is 2. The lowest BCUT2D eigenvalue weighted by atomic mass is 10.3. The summed E-state index contributed by atoms with van der Waals surface area (Å²) < 4.78 is 0. The van der Waals surface area contributed by atoms with Crippen LogP contribution >= 0.6 is 27.7 Å². The molecule has 0 saturated heterocycles. The topological polar surface area (TPSA) is 3.24 Å². The van der Waals surface area contributed by atoms with E-state index >= 15 is 0 Å². The summed E-state index contributed by atoms with van der Waals surface area (Å²) in [5.74, 6) is 1.24. The Bertz CT molecular complexity index is 88.2. The molecule has 0 aromatic heterocycles. The molecule has 0 saturated carbocycles. The van der Waals surface area contributed by atoms with Gasteiger partial charge in [-0.2, -0.15) is 11.8 Å². The lowest BCUT2D eigenvalue weighted by Gasteiger charge is -2.16. The highest BCUT2D eigenvalue weighted by atomic mass is 79.9. The average Bonchev–Trinajstić information content (AvgIpc) is 1.97. The molecule has 0 aromatic carbocycles. The fraction of sp³-hybridized carbons (Fsp3) is 1.00. The molecule has 0 heterocycles. The van der Waals surface area contributed by atoms with Crippen molar-refractivity contribution in [1.82, 2.24) is 4.90 Å². The largest absolute Gasteiger partial charge is 0.306 e. The van der Waals surface area contributed by atoms with Gasteiger partial charge in [-0.25, -0.2) is 0 Å². The van der Waals surface area contributed by atoms with Gasteiger partial charge in [0.15, 0.2) is 0 Å². The van der Waals surface area contributed by atoms with E-state index in [1.165, 1.54) is 25.3 Å². The molecule has 0 aromatic rings. The van der Waals surface area contributed by atoms with Gasteiger partial charge in [0.1, 0.15) is 0 Å². The molecule has 0 fully saturated rings. The van der Waals surface area contributed by atoms with Crippen LogP contribution in [-0.4, -0.2) is 41.9 Å². The zero-order chi connectivity index (χ0) is 8.69. The van der Waals surface area contributed by atoms with Gasteiger partial charge in [0.05, 0.1) is 0 Å². The molecule has 0 bridgehead atoms. The number of thioether (sulfide) groups is 1. The maximum absolute atomic E-state index is 3.54. The first-order chi connectivity index (χ1) is 5.16. The van der Waals surface area contributed by atoms with Crippen molar-refractivity contribution in [1.29, 1.82) is 0 Å². The van der Waals surface area contributed by atoms with Crippen LogP contribution in [0.2, 0.25) is 0 Å². The molecule has 1 atom stereocenters. The highest BCUT2D eigenvalue weighted by molar-refractivity contribution is 9.09. The molecule has 11 heavy (non-hydrogen) atoms. The molecule has 0 rings (SSSR count). The lowest BCUT2D eigenvalue weighted by molar-refractivity contribution is 0.351.